The van der Waals surface area contributed by atoms with Crippen LogP contribution in [0.3, 0.4) is 0 Å². The van der Waals surface area contributed by atoms with E-state index in [0.29, 0.717) is 6.61 Å². The minimum absolute atomic E-state index is 0.134. The first-order chi connectivity index (χ1) is 10.8. The van der Waals surface area contributed by atoms with Gasteiger partial charge in [-0.25, -0.2) is 0 Å². The van der Waals surface area contributed by atoms with Crippen LogP contribution < -0.4 is 0 Å². The molecule has 1 aromatic carbocycles. The monoisotopic (exact) mass is 310 g/mol. The molecule has 6 heteroatoms. The molecule has 0 fully saturated rings. The molecule has 6 nitrogen and oxygen atoms in total. The van der Waals surface area contributed by atoms with Crippen molar-refractivity contribution in [2.45, 2.75) is 32.5 Å². The summed E-state index contributed by atoms with van der Waals surface area (Å²) < 4.78 is 5.32. The summed E-state index contributed by atoms with van der Waals surface area (Å²) >= 11 is 0. The fourth-order valence-electron chi connectivity index (χ4n) is 1.23. The minimum Gasteiger partial charge on any atom is -0.375 e. The van der Waals surface area contributed by atoms with Gasteiger partial charge in [0.15, 0.2) is 11.0 Å². The number of aliphatic hydroxyl groups is 1. The normalized spacial score (nSPS) is 12.1. The maximum Gasteiger partial charge on any atom is 0.164 e. The van der Waals surface area contributed by atoms with E-state index >= 15 is 0 Å². The van der Waals surface area contributed by atoms with Gasteiger partial charge in [0.25, 0.3) is 0 Å². The summed E-state index contributed by atoms with van der Waals surface area (Å²) in [5, 5.41) is 42.2. The zero-order chi connectivity index (χ0) is 17.8. The van der Waals surface area contributed by atoms with Crippen molar-refractivity contribution in [1.29, 1.82) is 21.0 Å². The number of hydrogen-bond acceptors (Lipinski definition) is 6. The number of nitriles is 4. The quantitative estimate of drug-likeness (QED) is 0.832. The van der Waals surface area contributed by atoms with Crippen molar-refractivity contribution in [2.75, 3.05) is 6.61 Å². The van der Waals surface area contributed by atoms with Crippen LogP contribution in [0.2, 0.25) is 0 Å². The largest absolute Gasteiger partial charge is 0.375 e. The first kappa shape index (κ1) is 20.1. The summed E-state index contributed by atoms with van der Waals surface area (Å²) in [4.78, 5) is 0. The number of ether oxygens (including phenoxy) is 1. The molecule has 0 radical (unpaired) electrons. The Hall–Kier alpha value is -2.90. The van der Waals surface area contributed by atoms with Crippen LogP contribution in [0, 0.1) is 50.7 Å². The van der Waals surface area contributed by atoms with Gasteiger partial charge < -0.3 is 9.84 Å². The number of rotatable bonds is 5. The molecule has 1 atom stereocenters. The summed E-state index contributed by atoms with van der Waals surface area (Å²) in [5.74, 6) is 0. The molecule has 23 heavy (non-hydrogen) atoms. The lowest BCUT2D eigenvalue weighted by Gasteiger charge is -2.12. The molecule has 0 aromatic heterocycles. The second kappa shape index (κ2) is 9.93. The van der Waals surface area contributed by atoms with Crippen LogP contribution in [0.25, 0.3) is 0 Å². The van der Waals surface area contributed by atoms with Gasteiger partial charge in [0.05, 0.1) is 43.9 Å². The van der Waals surface area contributed by atoms with Gasteiger partial charge in [-0.2, -0.15) is 21.0 Å². The van der Waals surface area contributed by atoms with Crippen LogP contribution >= 0.6 is 0 Å². The lowest BCUT2D eigenvalue weighted by Crippen LogP contribution is -2.19. The third-order valence-corrected chi connectivity index (χ3v) is 2.66. The molecule has 0 aliphatic rings. The highest BCUT2D eigenvalue weighted by atomic mass is 16.5. The lowest BCUT2D eigenvalue weighted by atomic mass is 9.97. The van der Waals surface area contributed by atoms with Crippen LogP contribution in [0.1, 0.15) is 25.8 Å². The Bertz CT molecular complexity index is 628. The first-order valence-corrected chi connectivity index (χ1v) is 6.77. The van der Waals surface area contributed by atoms with Crippen LogP contribution in [0.4, 0.5) is 0 Å². The van der Waals surface area contributed by atoms with E-state index in [1.807, 2.05) is 42.5 Å². The Morgan fingerprint density at radius 2 is 1.57 bits per heavy atom. The fraction of sp³-hybridized carbons (Fsp3) is 0.412. The molecule has 0 saturated carbocycles. The SMILES string of the molecule is CC(C#N)(C#N)COCc1ccccc1.CC(O)(C#N)CC#N. The minimum atomic E-state index is -1.46. The van der Waals surface area contributed by atoms with Gasteiger partial charge in [-0.1, -0.05) is 30.3 Å². The van der Waals surface area contributed by atoms with E-state index in [1.165, 1.54) is 6.92 Å². The Balaban J connectivity index is 0.000000515. The molecule has 118 valence electrons. The van der Waals surface area contributed by atoms with Crippen molar-refractivity contribution < 1.29 is 9.84 Å². The predicted molar refractivity (Wildman–Crippen MR) is 81.9 cm³/mol. The van der Waals surface area contributed by atoms with Crippen molar-refractivity contribution in [2.24, 2.45) is 5.41 Å². The molecule has 0 heterocycles. The highest BCUT2D eigenvalue weighted by Crippen LogP contribution is 2.14. The van der Waals surface area contributed by atoms with Crippen LogP contribution in [0.15, 0.2) is 30.3 Å². The second-order valence-electron chi connectivity index (χ2n) is 5.25. The summed E-state index contributed by atoms with van der Waals surface area (Å²) in [6.45, 7) is 3.43. The molecule has 0 spiro atoms. The third-order valence-electron chi connectivity index (χ3n) is 2.66. The molecule has 1 rings (SSSR count). The van der Waals surface area contributed by atoms with E-state index in [1.54, 1.807) is 19.1 Å². The average Bonchev–Trinajstić information content (AvgIpc) is 2.56. The van der Waals surface area contributed by atoms with Crippen LogP contribution in [0.5, 0.6) is 0 Å². The van der Waals surface area contributed by atoms with Gasteiger partial charge in [-0.05, 0) is 19.4 Å². The van der Waals surface area contributed by atoms with Crippen LogP contribution in [-0.4, -0.2) is 17.3 Å². The van der Waals surface area contributed by atoms with Gasteiger partial charge in [0.1, 0.15) is 0 Å². The van der Waals surface area contributed by atoms with Crippen molar-refractivity contribution in [3.8, 4) is 24.3 Å². The van der Waals surface area contributed by atoms with Crippen molar-refractivity contribution in [1.82, 2.24) is 0 Å². The Kier molecular flexibility index (Phi) is 8.68. The Morgan fingerprint density at radius 3 is 1.96 bits per heavy atom. The molecular formula is C17H18N4O2. The third kappa shape index (κ3) is 8.86. The molecule has 0 bridgehead atoms. The molecule has 1 aromatic rings. The second-order valence-corrected chi connectivity index (χ2v) is 5.25. The molecule has 1 unspecified atom stereocenters. The predicted octanol–water partition coefficient (Wildman–Crippen LogP) is 2.43. The standard InChI is InChI=1S/C12H12N2O.C5H6N2O/c1-12(8-13,9-14)10-15-7-11-5-3-2-4-6-11;1-5(8,4-7)2-3-6/h2-6H,7,10H2,1H3;8H,2H2,1H3. The summed E-state index contributed by atoms with van der Waals surface area (Å²) in [6, 6.07) is 16.8. The van der Waals surface area contributed by atoms with E-state index in [2.05, 4.69) is 0 Å². The zero-order valence-electron chi connectivity index (χ0n) is 13.2. The molecule has 0 amide bonds. The maximum atomic E-state index is 8.74. The smallest absolute Gasteiger partial charge is 0.164 e. The lowest BCUT2D eigenvalue weighted by molar-refractivity contribution is 0.0867. The van der Waals surface area contributed by atoms with E-state index in [-0.39, 0.29) is 13.0 Å². The molecule has 0 aliphatic heterocycles. The van der Waals surface area contributed by atoms with Gasteiger partial charge in [0.2, 0.25) is 0 Å². The maximum absolute atomic E-state index is 8.74. The van der Waals surface area contributed by atoms with Gasteiger partial charge in [0, 0.05) is 0 Å². The van der Waals surface area contributed by atoms with E-state index in [9.17, 15) is 0 Å². The van der Waals surface area contributed by atoms with Crippen molar-refractivity contribution >= 4 is 0 Å². The fourth-order valence-corrected chi connectivity index (χ4v) is 1.23. The molecule has 1 N–H and O–H groups in total. The zero-order valence-corrected chi connectivity index (χ0v) is 13.2. The summed E-state index contributed by atoms with van der Waals surface area (Å²) in [6.07, 6.45) is -0.135. The van der Waals surface area contributed by atoms with Crippen LogP contribution in [-0.2, 0) is 11.3 Å². The topological polar surface area (TPSA) is 125 Å². The molecular weight excluding hydrogens is 292 g/mol. The number of benzene rings is 1. The van der Waals surface area contributed by atoms with E-state index < -0.39 is 11.0 Å². The Morgan fingerprint density at radius 1 is 1.00 bits per heavy atom. The molecule has 0 aliphatic carbocycles. The van der Waals surface area contributed by atoms with Crippen molar-refractivity contribution in [3.05, 3.63) is 35.9 Å². The first-order valence-electron chi connectivity index (χ1n) is 6.77. The Labute approximate surface area is 136 Å². The van der Waals surface area contributed by atoms with Crippen molar-refractivity contribution in [3.63, 3.8) is 0 Å². The van der Waals surface area contributed by atoms with E-state index in [4.69, 9.17) is 30.9 Å². The summed E-state index contributed by atoms with van der Waals surface area (Å²) in [7, 11) is 0. The van der Waals surface area contributed by atoms with E-state index in [0.717, 1.165) is 5.56 Å². The van der Waals surface area contributed by atoms with Gasteiger partial charge in [-0.3, -0.25) is 0 Å². The number of nitrogens with zero attached hydrogens (tertiary/aromatic N) is 4. The average molecular weight is 310 g/mol. The highest BCUT2D eigenvalue weighted by molar-refractivity contribution is 5.14. The van der Waals surface area contributed by atoms with Gasteiger partial charge in [-0.15, -0.1) is 0 Å². The molecule has 0 saturated heterocycles. The highest BCUT2D eigenvalue weighted by Gasteiger charge is 2.23. The van der Waals surface area contributed by atoms with Gasteiger partial charge >= 0.3 is 0 Å². The number of hydrogen-bond donors (Lipinski definition) is 1. The summed E-state index contributed by atoms with van der Waals surface area (Å²) in [5.41, 5.74) is -1.47.